The highest BCUT2D eigenvalue weighted by Gasteiger charge is 2.01. The van der Waals surface area contributed by atoms with Crippen LogP contribution in [0.3, 0.4) is 0 Å². The fourth-order valence-corrected chi connectivity index (χ4v) is 1.42. The van der Waals surface area contributed by atoms with Crippen LogP contribution in [-0.2, 0) is 0 Å². The largest absolute Gasteiger partial charge is 0.409 e. The van der Waals surface area contributed by atoms with E-state index in [1.807, 2.05) is 31.2 Å². The van der Waals surface area contributed by atoms with Crippen molar-refractivity contribution in [1.29, 1.82) is 0 Å². The molecule has 0 saturated heterocycles. The van der Waals surface area contributed by atoms with E-state index in [0.29, 0.717) is 19.4 Å². The van der Waals surface area contributed by atoms with Gasteiger partial charge in [0.05, 0.1) is 0 Å². The van der Waals surface area contributed by atoms with Gasteiger partial charge >= 0.3 is 6.03 Å². The number of nitrogens with one attached hydrogen (secondary N) is 2. The van der Waals surface area contributed by atoms with Gasteiger partial charge in [-0.25, -0.2) is 4.79 Å². The van der Waals surface area contributed by atoms with E-state index in [9.17, 15) is 4.79 Å². The number of nitrogens with zero attached hydrogens (tertiary/aromatic N) is 1. The smallest absolute Gasteiger partial charge is 0.319 e. The molecule has 6 heteroatoms. The molecular formula is C12H18N4O2. The number of aryl methyl sites for hydroxylation is 1. The van der Waals surface area contributed by atoms with Crippen LogP contribution in [0.2, 0.25) is 0 Å². The number of anilines is 1. The van der Waals surface area contributed by atoms with Crippen LogP contribution in [0.15, 0.2) is 29.4 Å². The number of nitrogens with two attached hydrogens (primary N) is 1. The number of benzene rings is 1. The van der Waals surface area contributed by atoms with Crippen LogP contribution in [-0.4, -0.2) is 23.6 Å². The maximum Gasteiger partial charge on any atom is 0.319 e. The third kappa shape index (κ3) is 5.20. The van der Waals surface area contributed by atoms with Crippen molar-refractivity contribution in [2.24, 2.45) is 10.9 Å². The summed E-state index contributed by atoms with van der Waals surface area (Å²) in [6.07, 6.45) is 1.07. The van der Waals surface area contributed by atoms with E-state index in [1.165, 1.54) is 0 Å². The first-order valence-corrected chi connectivity index (χ1v) is 5.69. The summed E-state index contributed by atoms with van der Waals surface area (Å²) in [6, 6.07) is 7.28. The molecule has 0 heterocycles. The van der Waals surface area contributed by atoms with Crippen LogP contribution in [0.25, 0.3) is 0 Å². The Kier molecular flexibility index (Phi) is 5.50. The zero-order chi connectivity index (χ0) is 13.4. The van der Waals surface area contributed by atoms with Crippen molar-refractivity contribution >= 4 is 17.6 Å². The monoisotopic (exact) mass is 250 g/mol. The first kappa shape index (κ1) is 13.8. The average molecular weight is 250 g/mol. The van der Waals surface area contributed by atoms with Crippen LogP contribution in [0.1, 0.15) is 18.4 Å². The predicted molar refractivity (Wildman–Crippen MR) is 70.8 cm³/mol. The lowest BCUT2D eigenvalue weighted by Crippen LogP contribution is -2.30. The molecule has 6 nitrogen and oxygen atoms in total. The van der Waals surface area contributed by atoms with Gasteiger partial charge in [0.2, 0.25) is 0 Å². The quantitative estimate of drug-likeness (QED) is 0.210. The average Bonchev–Trinajstić information content (AvgIpc) is 2.34. The predicted octanol–water partition coefficient (Wildman–Crippen LogP) is 1.64. The summed E-state index contributed by atoms with van der Waals surface area (Å²) in [5.41, 5.74) is 7.14. The number of hydrogen-bond donors (Lipinski definition) is 4. The third-order valence-electron chi connectivity index (χ3n) is 2.30. The number of carbonyl (C=O) groups excluding carboxylic acids is 1. The minimum Gasteiger partial charge on any atom is -0.409 e. The van der Waals surface area contributed by atoms with Gasteiger partial charge in [0.25, 0.3) is 0 Å². The summed E-state index contributed by atoms with van der Waals surface area (Å²) in [6.45, 7) is 2.42. The number of urea groups is 1. The second-order valence-corrected chi connectivity index (χ2v) is 3.95. The maximum absolute atomic E-state index is 11.5. The van der Waals surface area contributed by atoms with E-state index < -0.39 is 0 Å². The molecule has 2 amide bonds. The highest BCUT2D eigenvalue weighted by atomic mass is 16.4. The van der Waals surface area contributed by atoms with Gasteiger partial charge in [-0.1, -0.05) is 17.3 Å². The molecule has 1 aromatic rings. The normalized spacial score (nSPS) is 11.1. The van der Waals surface area contributed by atoms with Gasteiger partial charge in [-0.2, -0.15) is 0 Å². The topological polar surface area (TPSA) is 99.7 Å². The molecule has 1 rings (SSSR count). The fourth-order valence-electron chi connectivity index (χ4n) is 1.42. The van der Waals surface area contributed by atoms with Crippen LogP contribution in [0.5, 0.6) is 0 Å². The van der Waals surface area contributed by atoms with Gasteiger partial charge in [-0.3, -0.25) is 0 Å². The Labute approximate surface area is 106 Å². The van der Waals surface area contributed by atoms with Crippen molar-refractivity contribution in [3.05, 3.63) is 29.8 Å². The molecule has 0 unspecified atom stereocenters. The molecule has 0 saturated carbocycles. The minimum absolute atomic E-state index is 0.163. The van der Waals surface area contributed by atoms with Crippen LogP contribution < -0.4 is 16.4 Å². The molecule has 0 aliphatic rings. The van der Waals surface area contributed by atoms with E-state index in [-0.39, 0.29) is 11.9 Å². The van der Waals surface area contributed by atoms with Crippen molar-refractivity contribution in [3.63, 3.8) is 0 Å². The SMILES string of the molecule is Cc1cccc(NC(=O)NCCC/C(N)=N/O)c1. The van der Waals surface area contributed by atoms with Gasteiger partial charge in [0.1, 0.15) is 5.84 Å². The maximum atomic E-state index is 11.5. The molecule has 0 aromatic heterocycles. The highest BCUT2D eigenvalue weighted by molar-refractivity contribution is 5.89. The van der Waals surface area contributed by atoms with Crippen molar-refractivity contribution in [2.45, 2.75) is 19.8 Å². The first-order chi connectivity index (χ1) is 8.61. The van der Waals surface area contributed by atoms with E-state index >= 15 is 0 Å². The summed E-state index contributed by atoms with van der Waals surface area (Å²) in [7, 11) is 0. The Hall–Kier alpha value is -2.24. The molecule has 18 heavy (non-hydrogen) atoms. The molecule has 0 spiro atoms. The molecule has 0 aliphatic carbocycles. The van der Waals surface area contributed by atoms with E-state index in [0.717, 1.165) is 11.3 Å². The molecule has 5 N–H and O–H groups in total. The van der Waals surface area contributed by atoms with Gasteiger partial charge in [0.15, 0.2) is 0 Å². The molecule has 98 valence electrons. The number of rotatable bonds is 5. The van der Waals surface area contributed by atoms with Crippen LogP contribution in [0.4, 0.5) is 10.5 Å². The fraction of sp³-hybridized carbons (Fsp3) is 0.333. The summed E-state index contributed by atoms with van der Waals surface area (Å²) >= 11 is 0. The van der Waals surface area contributed by atoms with Gasteiger partial charge in [-0.15, -0.1) is 0 Å². The Morgan fingerprint density at radius 3 is 2.94 bits per heavy atom. The van der Waals surface area contributed by atoms with Gasteiger partial charge < -0.3 is 21.6 Å². The standard InChI is InChI=1S/C12H18N4O2/c1-9-4-2-5-10(8-9)15-12(17)14-7-3-6-11(13)16-18/h2,4-5,8,18H,3,6-7H2,1H3,(H2,13,16)(H2,14,15,17). The van der Waals surface area contributed by atoms with Crippen molar-refractivity contribution in [1.82, 2.24) is 5.32 Å². The lowest BCUT2D eigenvalue weighted by Gasteiger charge is -2.07. The van der Waals surface area contributed by atoms with Gasteiger partial charge in [-0.05, 0) is 31.0 Å². The summed E-state index contributed by atoms with van der Waals surface area (Å²) < 4.78 is 0. The lowest BCUT2D eigenvalue weighted by molar-refractivity contribution is 0.252. The van der Waals surface area contributed by atoms with Crippen LogP contribution in [0, 0.1) is 6.92 Å². The highest BCUT2D eigenvalue weighted by Crippen LogP contribution is 2.08. The number of oxime groups is 1. The summed E-state index contributed by atoms with van der Waals surface area (Å²) in [4.78, 5) is 11.5. The van der Waals surface area contributed by atoms with Crippen molar-refractivity contribution < 1.29 is 10.0 Å². The Morgan fingerprint density at radius 2 is 2.28 bits per heavy atom. The second kappa shape index (κ2) is 7.16. The number of amides is 2. The van der Waals surface area contributed by atoms with Crippen molar-refractivity contribution in [3.8, 4) is 0 Å². The Morgan fingerprint density at radius 1 is 1.50 bits per heavy atom. The molecule has 1 aromatic carbocycles. The van der Waals surface area contributed by atoms with Gasteiger partial charge in [0, 0.05) is 18.7 Å². The number of amidine groups is 1. The Balaban J connectivity index is 2.26. The van der Waals surface area contributed by atoms with E-state index in [4.69, 9.17) is 10.9 Å². The number of hydrogen-bond acceptors (Lipinski definition) is 3. The summed E-state index contributed by atoms with van der Waals surface area (Å²) in [5.74, 6) is 0.163. The third-order valence-corrected chi connectivity index (χ3v) is 2.30. The van der Waals surface area contributed by atoms with E-state index in [2.05, 4.69) is 15.8 Å². The minimum atomic E-state index is -0.264. The Bertz CT molecular complexity index is 432. The molecule has 0 aliphatic heterocycles. The summed E-state index contributed by atoms with van der Waals surface area (Å²) in [5, 5.41) is 16.6. The second-order valence-electron chi connectivity index (χ2n) is 3.95. The first-order valence-electron chi connectivity index (χ1n) is 5.69. The molecule has 0 fully saturated rings. The number of carbonyl (C=O) groups is 1. The molecule has 0 atom stereocenters. The van der Waals surface area contributed by atoms with E-state index in [1.54, 1.807) is 0 Å². The lowest BCUT2D eigenvalue weighted by atomic mass is 10.2. The zero-order valence-corrected chi connectivity index (χ0v) is 10.3. The molecule has 0 bridgehead atoms. The molecular weight excluding hydrogens is 232 g/mol. The molecule has 0 radical (unpaired) electrons. The zero-order valence-electron chi connectivity index (χ0n) is 10.3. The van der Waals surface area contributed by atoms with Crippen LogP contribution >= 0.6 is 0 Å². The van der Waals surface area contributed by atoms with Crippen molar-refractivity contribution in [2.75, 3.05) is 11.9 Å².